The Morgan fingerprint density at radius 3 is 1.51 bits per heavy atom. The molecule has 0 atom stereocenters. The highest BCUT2D eigenvalue weighted by molar-refractivity contribution is 6.20. The molecule has 41 heavy (non-hydrogen) atoms. The Morgan fingerprint density at radius 1 is 0.683 bits per heavy atom. The van der Waals surface area contributed by atoms with E-state index < -0.39 is 11.9 Å². The number of allylic oxidation sites excluding steroid dienone is 1. The quantitative estimate of drug-likeness (QED) is 0.135. The summed E-state index contributed by atoms with van der Waals surface area (Å²) in [5.41, 5.74) is 10.6. The molecule has 1 fully saturated rings. The van der Waals surface area contributed by atoms with Gasteiger partial charge in [-0.05, 0) is 79.8 Å². The molecule has 5 heteroatoms. The first-order valence-electron chi connectivity index (χ1n) is 13.7. The van der Waals surface area contributed by atoms with Crippen molar-refractivity contribution >= 4 is 41.6 Å². The standard InChI is InChI=1S/C36H38N2O3/c1-23(2)34-31(35(39)41-36(34)40)21-28-24(3)29(32(37(5)6)19-26-15-11-9-12-16-26)22-30(25(28)4)33(38(7)8)20-27-17-13-10-14-18-27/h9-22H,1-8H3. The Morgan fingerprint density at radius 2 is 1.12 bits per heavy atom. The van der Waals surface area contributed by atoms with E-state index in [1.165, 1.54) is 0 Å². The van der Waals surface area contributed by atoms with Crippen LogP contribution < -0.4 is 0 Å². The van der Waals surface area contributed by atoms with Crippen LogP contribution in [0.15, 0.2) is 83.4 Å². The summed E-state index contributed by atoms with van der Waals surface area (Å²) in [4.78, 5) is 29.7. The van der Waals surface area contributed by atoms with E-state index in [1.807, 2.05) is 84.5 Å². The predicted octanol–water partition coefficient (Wildman–Crippen LogP) is 7.23. The van der Waals surface area contributed by atoms with Gasteiger partial charge in [0.25, 0.3) is 0 Å². The normalized spacial score (nSPS) is 14.9. The lowest BCUT2D eigenvalue weighted by Gasteiger charge is -2.26. The van der Waals surface area contributed by atoms with Crippen LogP contribution in [0.4, 0.5) is 0 Å². The van der Waals surface area contributed by atoms with E-state index in [2.05, 4.69) is 66.1 Å². The maximum atomic E-state index is 12.9. The van der Waals surface area contributed by atoms with Crippen molar-refractivity contribution in [2.75, 3.05) is 28.2 Å². The van der Waals surface area contributed by atoms with Crippen LogP contribution in [0.1, 0.15) is 52.8 Å². The number of carbonyl (C=O) groups is 2. The smallest absolute Gasteiger partial charge is 0.346 e. The molecule has 0 saturated carbocycles. The molecule has 0 aliphatic carbocycles. The van der Waals surface area contributed by atoms with Gasteiger partial charge < -0.3 is 14.5 Å². The van der Waals surface area contributed by atoms with Gasteiger partial charge in [-0.3, -0.25) is 0 Å². The molecule has 0 radical (unpaired) electrons. The van der Waals surface area contributed by atoms with E-state index in [-0.39, 0.29) is 0 Å². The van der Waals surface area contributed by atoms with E-state index in [0.717, 1.165) is 55.9 Å². The van der Waals surface area contributed by atoms with Gasteiger partial charge in [-0.1, -0.05) is 66.2 Å². The predicted molar refractivity (Wildman–Crippen MR) is 169 cm³/mol. The van der Waals surface area contributed by atoms with Gasteiger partial charge in [0.05, 0.1) is 11.1 Å². The topological polar surface area (TPSA) is 49.9 Å². The number of cyclic esters (lactones) is 2. The third-order valence-corrected chi connectivity index (χ3v) is 7.29. The summed E-state index contributed by atoms with van der Waals surface area (Å²) in [6.45, 7) is 7.79. The molecule has 0 N–H and O–H groups in total. The van der Waals surface area contributed by atoms with Crippen molar-refractivity contribution in [3.05, 3.63) is 122 Å². The maximum Gasteiger partial charge on any atom is 0.346 e. The van der Waals surface area contributed by atoms with Crippen LogP contribution in [-0.2, 0) is 14.3 Å². The van der Waals surface area contributed by atoms with Crippen molar-refractivity contribution in [1.29, 1.82) is 0 Å². The summed E-state index contributed by atoms with van der Waals surface area (Å²) >= 11 is 0. The van der Waals surface area contributed by atoms with Crippen LogP contribution in [0.2, 0.25) is 0 Å². The Balaban J connectivity index is 2.09. The summed E-state index contributed by atoms with van der Waals surface area (Å²) < 4.78 is 5.05. The molecule has 0 aromatic heterocycles. The Labute approximate surface area is 243 Å². The zero-order chi connectivity index (χ0) is 29.8. The fourth-order valence-corrected chi connectivity index (χ4v) is 5.14. The molecule has 3 aromatic carbocycles. The molecular formula is C36H38N2O3. The lowest BCUT2D eigenvalue weighted by Crippen LogP contribution is -2.15. The molecule has 0 amide bonds. The average molecular weight is 547 g/mol. The monoisotopic (exact) mass is 546 g/mol. The van der Waals surface area contributed by atoms with Crippen LogP contribution in [0.3, 0.4) is 0 Å². The van der Waals surface area contributed by atoms with Gasteiger partial charge in [-0.25, -0.2) is 9.59 Å². The molecule has 3 aromatic rings. The number of esters is 2. The van der Waals surface area contributed by atoms with Crippen molar-refractivity contribution in [2.24, 2.45) is 0 Å². The summed E-state index contributed by atoms with van der Waals surface area (Å²) in [5.74, 6) is -1.21. The first-order valence-corrected chi connectivity index (χ1v) is 13.7. The minimum atomic E-state index is -0.614. The first kappa shape index (κ1) is 29.3. The molecule has 0 bridgehead atoms. The molecule has 1 saturated heterocycles. The van der Waals surface area contributed by atoms with Crippen LogP contribution in [0, 0.1) is 13.8 Å². The molecule has 1 aliphatic rings. The van der Waals surface area contributed by atoms with E-state index in [1.54, 1.807) is 0 Å². The number of benzene rings is 3. The van der Waals surface area contributed by atoms with E-state index >= 15 is 0 Å². The summed E-state index contributed by atoms with van der Waals surface area (Å²) in [7, 11) is 8.14. The molecule has 1 aliphatic heterocycles. The second kappa shape index (κ2) is 12.3. The Kier molecular flexibility index (Phi) is 8.77. The van der Waals surface area contributed by atoms with Gasteiger partial charge in [0.15, 0.2) is 0 Å². The molecule has 210 valence electrons. The third kappa shape index (κ3) is 6.25. The zero-order valence-electron chi connectivity index (χ0n) is 25.2. The number of rotatable bonds is 7. The highest BCUT2D eigenvalue weighted by Crippen LogP contribution is 2.37. The SMILES string of the molecule is CC(C)=C1C(=O)OC(=O)C1=Cc1c(C)c(C(=Cc2ccccc2)N(C)C)cc(C(=Cc2ccccc2)N(C)C)c1C. The zero-order valence-corrected chi connectivity index (χ0v) is 25.2. The number of hydrogen-bond donors (Lipinski definition) is 0. The Hall–Kier alpha value is -4.64. The second-order valence-electron chi connectivity index (χ2n) is 10.9. The average Bonchev–Trinajstić information content (AvgIpc) is 3.22. The van der Waals surface area contributed by atoms with Crippen molar-refractivity contribution in [3.63, 3.8) is 0 Å². The van der Waals surface area contributed by atoms with E-state index in [9.17, 15) is 9.59 Å². The molecule has 5 nitrogen and oxygen atoms in total. The first-order chi connectivity index (χ1) is 19.5. The summed E-state index contributed by atoms with van der Waals surface area (Å²) in [6, 6.07) is 22.7. The van der Waals surface area contributed by atoms with Gasteiger partial charge in [0.2, 0.25) is 0 Å². The lowest BCUT2D eigenvalue weighted by atomic mass is 9.87. The van der Waals surface area contributed by atoms with Gasteiger partial charge in [-0.15, -0.1) is 0 Å². The van der Waals surface area contributed by atoms with Crippen LogP contribution in [0.5, 0.6) is 0 Å². The lowest BCUT2D eigenvalue weighted by molar-refractivity contribution is -0.149. The van der Waals surface area contributed by atoms with Crippen molar-refractivity contribution in [2.45, 2.75) is 27.7 Å². The minimum absolute atomic E-state index is 0.293. The van der Waals surface area contributed by atoms with Gasteiger partial charge >= 0.3 is 11.9 Å². The summed E-state index contributed by atoms with van der Waals surface area (Å²) in [5, 5.41) is 0. The molecule has 1 heterocycles. The van der Waals surface area contributed by atoms with Crippen LogP contribution >= 0.6 is 0 Å². The van der Waals surface area contributed by atoms with Crippen molar-refractivity contribution in [1.82, 2.24) is 9.80 Å². The van der Waals surface area contributed by atoms with Crippen molar-refractivity contribution in [3.8, 4) is 0 Å². The largest absolute Gasteiger partial charge is 0.386 e. The number of carbonyl (C=O) groups excluding carboxylic acids is 2. The van der Waals surface area contributed by atoms with Crippen LogP contribution in [-0.4, -0.2) is 49.9 Å². The fraction of sp³-hybridized carbons (Fsp3) is 0.222. The Bertz CT molecular complexity index is 1520. The molecule has 4 rings (SSSR count). The molecule has 0 spiro atoms. The minimum Gasteiger partial charge on any atom is -0.386 e. The van der Waals surface area contributed by atoms with Gasteiger partial charge in [0.1, 0.15) is 0 Å². The fourth-order valence-electron chi connectivity index (χ4n) is 5.14. The third-order valence-electron chi connectivity index (χ3n) is 7.29. The highest BCUT2D eigenvalue weighted by atomic mass is 16.6. The maximum absolute atomic E-state index is 12.9. The second-order valence-corrected chi connectivity index (χ2v) is 10.9. The number of nitrogens with zero attached hydrogens (tertiary/aromatic N) is 2. The van der Waals surface area contributed by atoms with Gasteiger partial charge in [0, 0.05) is 50.7 Å². The summed E-state index contributed by atoms with van der Waals surface area (Å²) in [6.07, 6.45) is 6.17. The van der Waals surface area contributed by atoms with Crippen molar-refractivity contribution < 1.29 is 14.3 Å². The van der Waals surface area contributed by atoms with Gasteiger partial charge in [-0.2, -0.15) is 0 Å². The number of ether oxygens (including phenoxy) is 1. The molecular weight excluding hydrogens is 508 g/mol. The molecule has 0 unspecified atom stereocenters. The number of hydrogen-bond acceptors (Lipinski definition) is 5. The van der Waals surface area contributed by atoms with E-state index in [0.29, 0.717) is 11.1 Å². The van der Waals surface area contributed by atoms with E-state index in [4.69, 9.17) is 4.74 Å². The van der Waals surface area contributed by atoms with Crippen LogP contribution in [0.25, 0.3) is 29.6 Å². The highest BCUT2D eigenvalue weighted by Gasteiger charge is 2.34.